The lowest BCUT2D eigenvalue weighted by Crippen LogP contribution is -2.55. The first kappa shape index (κ1) is 26.9. The lowest BCUT2D eigenvalue weighted by atomic mass is 9.91. The molecule has 3 fully saturated rings. The Labute approximate surface area is 218 Å². The number of sulfonamides is 1. The third-order valence-corrected chi connectivity index (χ3v) is 8.55. The van der Waals surface area contributed by atoms with Crippen LogP contribution in [0.2, 0.25) is 0 Å². The van der Waals surface area contributed by atoms with Gasteiger partial charge in [-0.15, -0.1) is 0 Å². The standard InChI is InChI=1S/C20H22BrN5O4S.CH4O3S/c21-15-1-3-16(4-2-15)31(28,29)25-11-18(27)26-13-20(30-19(26)12-25)6-9-24(10-7-20)17-5-8-22-14-23-17;1-5(2,3)4/h1-5,8,14,19H,6-7,9-13H2;1H3,(H,2,3,4). The largest absolute Gasteiger partial charge is 0.356 e. The molecule has 1 aromatic heterocycles. The van der Waals surface area contributed by atoms with Crippen molar-refractivity contribution >= 4 is 47.8 Å². The predicted molar refractivity (Wildman–Crippen MR) is 133 cm³/mol. The lowest BCUT2D eigenvalue weighted by molar-refractivity contribution is -0.144. The number of ether oxygens (including phenoxy) is 1. The van der Waals surface area contributed by atoms with Gasteiger partial charge in [0.1, 0.15) is 18.4 Å². The molecular formula is C21H26BrN5O7S2. The fraction of sp³-hybridized carbons (Fsp3) is 0.476. The predicted octanol–water partition coefficient (Wildman–Crippen LogP) is 0.972. The Bertz CT molecular complexity index is 1290. The molecule has 1 unspecified atom stereocenters. The number of hydrogen-bond donors (Lipinski definition) is 1. The first-order valence-corrected chi connectivity index (χ1v) is 15.1. The number of rotatable bonds is 3. The average Bonchev–Trinajstić information content (AvgIpc) is 3.18. The zero-order valence-electron chi connectivity index (χ0n) is 19.4. The van der Waals surface area contributed by atoms with Crippen molar-refractivity contribution in [2.75, 3.05) is 43.9 Å². The van der Waals surface area contributed by atoms with Crippen molar-refractivity contribution in [2.45, 2.75) is 29.6 Å². The van der Waals surface area contributed by atoms with Gasteiger partial charge in [0, 0.05) is 23.8 Å². The first-order valence-electron chi connectivity index (χ1n) is 11.0. The molecule has 1 aromatic carbocycles. The summed E-state index contributed by atoms with van der Waals surface area (Å²) in [6.45, 7) is 1.99. The minimum absolute atomic E-state index is 0.140. The third kappa shape index (κ3) is 6.20. The molecule has 15 heteroatoms. The summed E-state index contributed by atoms with van der Waals surface area (Å²) >= 11 is 3.31. The van der Waals surface area contributed by atoms with Gasteiger partial charge in [-0.1, -0.05) is 15.9 Å². The number of amides is 1. The van der Waals surface area contributed by atoms with Crippen molar-refractivity contribution in [2.24, 2.45) is 0 Å². The van der Waals surface area contributed by atoms with Crippen molar-refractivity contribution in [1.82, 2.24) is 19.2 Å². The second kappa shape index (κ2) is 10.3. The van der Waals surface area contributed by atoms with Gasteiger partial charge in [0.05, 0.1) is 36.4 Å². The van der Waals surface area contributed by atoms with Gasteiger partial charge in [0.15, 0.2) is 0 Å². The Balaban J connectivity index is 0.000000556. The minimum atomic E-state index is -3.77. The van der Waals surface area contributed by atoms with Crippen LogP contribution in [0.25, 0.3) is 0 Å². The summed E-state index contributed by atoms with van der Waals surface area (Å²) in [6, 6.07) is 8.31. The summed E-state index contributed by atoms with van der Waals surface area (Å²) in [6.07, 6.45) is 4.90. The van der Waals surface area contributed by atoms with Crippen LogP contribution in [0.15, 0.2) is 52.2 Å². The van der Waals surface area contributed by atoms with Crippen LogP contribution in [0.5, 0.6) is 0 Å². The van der Waals surface area contributed by atoms with E-state index in [0.29, 0.717) is 12.8 Å². The van der Waals surface area contributed by atoms with Crippen LogP contribution in [-0.4, -0.2) is 97.3 Å². The quantitative estimate of drug-likeness (QED) is 0.502. The number of carbonyl (C=O) groups excluding carboxylic acids is 1. The zero-order valence-corrected chi connectivity index (χ0v) is 22.6. The minimum Gasteiger partial charge on any atom is -0.356 e. The molecule has 0 radical (unpaired) electrons. The number of fused-ring (bicyclic) bond motifs is 1. The second-order valence-corrected chi connectivity index (χ2v) is 13.1. The van der Waals surface area contributed by atoms with E-state index in [4.69, 9.17) is 9.29 Å². The van der Waals surface area contributed by atoms with Gasteiger partial charge in [-0.05, 0) is 43.2 Å². The number of hydrogen-bond acceptors (Lipinski definition) is 9. The average molecular weight is 605 g/mol. The smallest absolute Gasteiger partial charge is 0.261 e. The van der Waals surface area contributed by atoms with E-state index < -0.39 is 32.0 Å². The molecule has 1 spiro atoms. The molecule has 12 nitrogen and oxygen atoms in total. The van der Waals surface area contributed by atoms with Crippen LogP contribution < -0.4 is 4.90 Å². The van der Waals surface area contributed by atoms with E-state index >= 15 is 0 Å². The van der Waals surface area contributed by atoms with Gasteiger partial charge in [-0.2, -0.15) is 12.7 Å². The normalized spacial score (nSPS) is 22.2. The lowest BCUT2D eigenvalue weighted by Gasteiger charge is -2.38. The number of aromatic nitrogens is 2. The topological polar surface area (TPSA) is 150 Å². The Morgan fingerprint density at radius 2 is 1.75 bits per heavy atom. The van der Waals surface area contributed by atoms with E-state index in [2.05, 4.69) is 30.8 Å². The summed E-state index contributed by atoms with van der Waals surface area (Å²) in [5.41, 5.74) is -0.443. The van der Waals surface area contributed by atoms with Crippen molar-refractivity contribution in [1.29, 1.82) is 0 Å². The summed E-state index contributed by atoms with van der Waals surface area (Å²) in [4.78, 5) is 25.2. The van der Waals surface area contributed by atoms with Crippen molar-refractivity contribution in [3.8, 4) is 0 Å². The van der Waals surface area contributed by atoms with Crippen LogP contribution >= 0.6 is 15.9 Å². The van der Waals surface area contributed by atoms with E-state index in [0.717, 1.165) is 36.2 Å². The van der Waals surface area contributed by atoms with Crippen molar-refractivity contribution < 1.29 is 30.9 Å². The summed E-state index contributed by atoms with van der Waals surface area (Å²) in [5.74, 6) is 0.662. The van der Waals surface area contributed by atoms with E-state index in [9.17, 15) is 21.6 Å². The summed E-state index contributed by atoms with van der Waals surface area (Å²) in [5, 5.41) is 0. The molecule has 1 amide bonds. The van der Waals surface area contributed by atoms with E-state index in [1.165, 1.54) is 22.8 Å². The Morgan fingerprint density at radius 3 is 2.33 bits per heavy atom. The highest BCUT2D eigenvalue weighted by Gasteiger charge is 2.52. The summed E-state index contributed by atoms with van der Waals surface area (Å²) in [7, 11) is -7.44. The Morgan fingerprint density at radius 1 is 1.11 bits per heavy atom. The van der Waals surface area contributed by atoms with Gasteiger partial charge in [0.25, 0.3) is 10.1 Å². The molecule has 3 aliphatic heterocycles. The molecule has 0 aliphatic carbocycles. The van der Waals surface area contributed by atoms with Gasteiger partial charge < -0.3 is 14.5 Å². The second-order valence-electron chi connectivity index (χ2n) is 8.82. The molecule has 2 aromatic rings. The van der Waals surface area contributed by atoms with Gasteiger partial charge in [-0.25, -0.2) is 18.4 Å². The highest BCUT2D eigenvalue weighted by atomic mass is 79.9. The number of piperazine rings is 1. The van der Waals surface area contributed by atoms with Gasteiger partial charge in [0.2, 0.25) is 15.9 Å². The molecule has 36 heavy (non-hydrogen) atoms. The molecule has 3 saturated heterocycles. The monoisotopic (exact) mass is 603 g/mol. The Kier molecular flexibility index (Phi) is 7.69. The number of piperidine rings is 1. The fourth-order valence-corrected chi connectivity index (χ4v) is 6.14. The van der Waals surface area contributed by atoms with Crippen LogP contribution in [0.4, 0.5) is 5.82 Å². The molecular weight excluding hydrogens is 578 g/mol. The first-order chi connectivity index (χ1) is 16.9. The maximum Gasteiger partial charge on any atom is 0.261 e. The van der Waals surface area contributed by atoms with Gasteiger partial charge in [-0.3, -0.25) is 9.35 Å². The highest BCUT2D eigenvalue weighted by Crippen LogP contribution is 2.38. The van der Waals surface area contributed by atoms with Crippen molar-refractivity contribution in [3.05, 3.63) is 47.3 Å². The number of halogens is 1. The zero-order chi connectivity index (χ0) is 26.1. The number of benzene rings is 1. The highest BCUT2D eigenvalue weighted by molar-refractivity contribution is 9.10. The van der Waals surface area contributed by atoms with Crippen LogP contribution in [0.1, 0.15) is 12.8 Å². The van der Waals surface area contributed by atoms with Gasteiger partial charge >= 0.3 is 0 Å². The molecule has 3 aliphatic rings. The van der Waals surface area contributed by atoms with E-state index in [1.807, 2.05) is 6.07 Å². The third-order valence-electron chi connectivity index (χ3n) is 6.20. The van der Waals surface area contributed by atoms with Crippen LogP contribution in [-0.2, 0) is 29.7 Å². The number of anilines is 1. The molecule has 1 atom stereocenters. The van der Waals surface area contributed by atoms with Crippen molar-refractivity contribution in [3.63, 3.8) is 0 Å². The molecule has 196 valence electrons. The fourth-order valence-electron chi connectivity index (χ4n) is 4.50. The van der Waals surface area contributed by atoms with E-state index in [-0.39, 0.29) is 23.9 Å². The molecule has 5 rings (SSSR count). The molecule has 0 bridgehead atoms. The molecule has 0 saturated carbocycles. The number of carbonyl (C=O) groups is 1. The summed E-state index contributed by atoms with van der Waals surface area (Å²) < 4.78 is 60.4. The maximum atomic E-state index is 13.1. The Hall–Kier alpha value is -2.17. The maximum absolute atomic E-state index is 13.1. The van der Waals surface area contributed by atoms with E-state index in [1.54, 1.807) is 23.2 Å². The number of nitrogens with zero attached hydrogens (tertiary/aromatic N) is 5. The molecule has 1 N–H and O–H groups in total. The van der Waals surface area contributed by atoms with Crippen LogP contribution in [0, 0.1) is 0 Å². The molecule has 4 heterocycles. The van der Waals surface area contributed by atoms with Crippen LogP contribution in [0.3, 0.4) is 0 Å². The SMILES string of the molecule is CS(=O)(=O)O.O=C1CN(S(=O)(=O)c2ccc(Br)cc2)CC2OC3(CCN(c4ccncn4)CC3)CN12.